The summed E-state index contributed by atoms with van der Waals surface area (Å²) in [6.45, 7) is 0. The van der Waals surface area contributed by atoms with Gasteiger partial charge in [0.25, 0.3) is 0 Å². The van der Waals surface area contributed by atoms with Gasteiger partial charge in [0.15, 0.2) is 0 Å². The summed E-state index contributed by atoms with van der Waals surface area (Å²) in [5.41, 5.74) is 3.17. The van der Waals surface area contributed by atoms with Crippen molar-refractivity contribution in [1.82, 2.24) is 0 Å². The summed E-state index contributed by atoms with van der Waals surface area (Å²) in [6, 6.07) is 14.3. The number of carboxylic acids is 2. The molecule has 5 nitrogen and oxygen atoms in total. The topological polar surface area (TPSA) is 86.6 Å². The number of carbonyl (C=O) groups is 2. The molecule has 0 aliphatic rings. The molecular weight excluding hydrogens is 270 g/mol. The highest BCUT2D eigenvalue weighted by molar-refractivity contribution is 5.71. The second kappa shape index (κ2) is 6.56. The molecule has 108 valence electrons. The predicted molar refractivity (Wildman–Crippen MR) is 78.8 cm³/mol. The summed E-state index contributed by atoms with van der Waals surface area (Å²) in [5, 5.41) is 20.6. The molecular formula is C16H15NO4. The SMILES string of the molecule is O=C(O)Cc1ccc(Nc2ccc(CC(=O)O)cc2)cc1. The molecule has 0 radical (unpaired) electrons. The quantitative estimate of drug-likeness (QED) is 0.759. The Morgan fingerprint density at radius 2 is 1.05 bits per heavy atom. The van der Waals surface area contributed by atoms with E-state index in [0.717, 1.165) is 22.5 Å². The van der Waals surface area contributed by atoms with Crippen molar-refractivity contribution in [3.8, 4) is 0 Å². The lowest BCUT2D eigenvalue weighted by Crippen LogP contribution is -2.00. The minimum atomic E-state index is -0.857. The molecule has 0 spiro atoms. The zero-order chi connectivity index (χ0) is 15.2. The van der Waals surface area contributed by atoms with Crippen LogP contribution in [0.1, 0.15) is 11.1 Å². The van der Waals surface area contributed by atoms with Gasteiger partial charge in [-0.3, -0.25) is 9.59 Å². The molecule has 0 bridgehead atoms. The van der Waals surface area contributed by atoms with Gasteiger partial charge in [-0.25, -0.2) is 0 Å². The maximum atomic E-state index is 10.6. The second-order valence-electron chi connectivity index (χ2n) is 4.66. The largest absolute Gasteiger partial charge is 0.481 e. The van der Waals surface area contributed by atoms with E-state index in [-0.39, 0.29) is 12.8 Å². The van der Waals surface area contributed by atoms with E-state index in [4.69, 9.17) is 10.2 Å². The molecule has 0 fully saturated rings. The summed E-state index contributed by atoms with van der Waals surface area (Å²) in [4.78, 5) is 21.2. The maximum absolute atomic E-state index is 10.6. The van der Waals surface area contributed by atoms with Crippen LogP contribution in [0.15, 0.2) is 48.5 Å². The van der Waals surface area contributed by atoms with Gasteiger partial charge in [-0.05, 0) is 35.4 Å². The van der Waals surface area contributed by atoms with Gasteiger partial charge in [0, 0.05) is 11.4 Å². The van der Waals surface area contributed by atoms with Gasteiger partial charge < -0.3 is 15.5 Å². The molecule has 0 saturated heterocycles. The summed E-state index contributed by atoms with van der Waals surface area (Å²) in [5.74, 6) is -1.71. The summed E-state index contributed by atoms with van der Waals surface area (Å²) < 4.78 is 0. The van der Waals surface area contributed by atoms with Crippen LogP contribution < -0.4 is 5.32 Å². The van der Waals surface area contributed by atoms with Gasteiger partial charge >= 0.3 is 11.9 Å². The molecule has 2 aromatic rings. The first-order valence-electron chi connectivity index (χ1n) is 6.41. The Hall–Kier alpha value is -2.82. The normalized spacial score (nSPS) is 10.1. The van der Waals surface area contributed by atoms with Gasteiger partial charge in [0.1, 0.15) is 0 Å². The third-order valence-corrected chi connectivity index (χ3v) is 2.91. The molecule has 3 N–H and O–H groups in total. The maximum Gasteiger partial charge on any atom is 0.307 e. The molecule has 0 unspecified atom stereocenters. The summed E-state index contributed by atoms with van der Waals surface area (Å²) >= 11 is 0. The lowest BCUT2D eigenvalue weighted by molar-refractivity contribution is -0.137. The Morgan fingerprint density at radius 3 is 1.33 bits per heavy atom. The van der Waals surface area contributed by atoms with Gasteiger partial charge in [-0.2, -0.15) is 0 Å². The van der Waals surface area contributed by atoms with E-state index < -0.39 is 11.9 Å². The summed E-state index contributed by atoms with van der Waals surface area (Å²) in [7, 11) is 0. The van der Waals surface area contributed by atoms with Crippen molar-refractivity contribution in [2.45, 2.75) is 12.8 Å². The minimum Gasteiger partial charge on any atom is -0.481 e. The molecule has 21 heavy (non-hydrogen) atoms. The Kier molecular flexibility index (Phi) is 4.56. The van der Waals surface area contributed by atoms with E-state index in [1.165, 1.54) is 0 Å². The lowest BCUT2D eigenvalue weighted by Gasteiger charge is -2.08. The van der Waals surface area contributed by atoms with Crippen molar-refractivity contribution in [3.63, 3.8) is 0 Å². The number of hydrogen-bond donors (Lipinski definition) is 3. The van der Waals surface area contributed by atoms with Crippen LogP contribution in [0.2, 0.25) is 0 Å². The first-order chi connectivity index (χ1) is 10.0. The average molecular weight is 285 g/mol. The highest BCUT2D eigenvalue weighted by Gasteiger charge is 2.02. The molecule has 0 aliphatic carbocycles. The number of rotatable bonds is 6. The zero-order valence-corrected chi connectivity index (χ0v) is 11.2. The van der Waals surface area contributed by atoms with Gasteiger partial charge in [0.05, 0.1) is 12.8 Å². The van der Waals surface area contributed by atoms with E-state index >= 15 is 0 Å². The van der Waals surface area contributed by atoms with Crippen molar-refractivity contribution < 1.29 is 19.8 Å². The molecule has 0 aliphatic heterocycles. The first kappa shape index (κ1) is 14.6. The van der Waals surface area contributed by atoms with Gasteiger partial charge in [-0.1, -0.05) is 24.3 Å². The fourth-order valence-corrected chi connectivity index (χ4v) is 1.93. The standard InChI is InChI=1S/C16H15NO4/c18-15(19)9-11-1-5-13(6-2-11)17-14-7-3-12(4-8-14)10-16(20)21/h1-8,17H,9-10H2,(H,18,19)(H,20,21). The Morgan fingerprint density at radius 1 is 0.714 bits per heavy atom. The molecule has 5 heteroatoms. The van der Waals surface area contributed by atoms with Crippen LogP contribution in [0.3, 0.4) is 0 Å². The fraction of sp³-hybridized carbons (Fsp3) is 0.125. The number of anilines is 2. The van der Waals surface area contributed by atoms with Crippen molar-refractivity contribution in [1.29, 1.82) is 0 Å². The second-order valence-corrected chi connectivity index (χ2v) is 4.66. The minimum absolute atomic E-state index is 0.00413. The molecule has 2 aromatic carbocycles. The molecule has 2 rings (SSSR count). The van der Waals surface area contributed by atoms with Crippen molar-refractivity contribution >= 4 is 23.3 Å². The average Bonchev–Trinajstić information content (AvgIpc) is 2.42. The van der Waals surface area contributed by atoms with E-state index in [1.807, 2.05) is 24.3 Å². The predicted octanol–water partition coefficient (Wildman–Crippen LogP) is 2.68. The van der Waals surface area contributed by atoms with Crippen LogP contribution in [0.4, 0.5) is 11.4 Å². The van der Waals surface area contributed by atoms with Crippen molar-refractivity contribution in [2.24, 2.45) is 0 Å². The third-order valence-electron chi connectivity index (χ3n) is 2.91. The highest BCUT2D eigenvalue weighted by atomic mass is 16.4. The van der Waals surface area contributed by atoms with E-state index in [9.17, 15) is 9.59 Å². The Balaban J connectivity index is 2.01. The number of nitrogens with one attached hydrogen (secondary N) is 1. The Labute approximate surface area is 121 Å². The van der Waals surface area contributed by atoms with E-state index in [0.29, 0.717) is 0 Å². The lowest BCUT2D eigenvalue weighted by atomic mass is 10.1. The molecule has 0 aromatic heterocycles. The van der Waals surface area contributed by atoms with Crippen LogP contribution in [0.25, 0.3) is 0 Å². The van der Waals surface area contributed by atoms with Crippen LogP contribution in [0.5, 0.6) is 0 Å². The molecule has 0 atom stereocenters. The monoisotopic (exact) mass is 285 g/mol. The molecule has 0 amide bonds. The zero-order valence-electron chi connectivity index (χ0n) is 11.2. The van der Waals surface area contributed by atoms with Crippen LogP contribution >= 0.6 is 0 Å². The number of benzene rings is 2. The Bertz CT molecular complexity index is 575. The molecule has 0 saturated carbocycles. The highest BCUT2D eigenvalue weighted by Crippen LogP contribution is 2.18. The van der Waals surface area contributed by atoms with Crippen LogP contribution in [0, 0.1) is 0 Å². The number of carboxylic acid groups (broad SMARTS) is 2. The molecule has 0 heterocycles. The first-order valence-corrected chi connectivity index (χ1v) is 6.41. The van der Waals surface area contributed by atoms with Gasteiger partial charge in [0.2, 0.25) is 0 Å². The fourth-order valence-electron chi connectivity index (χ4n) is 1.93. The van der Waals surface area contributed by atoms with Gasteiger partial charge in [-0.15, -0.1) is 0 Å². The van der Waals surface area contributed by atoms with Crippen molar-refractivity contribution in [2.75, 3.05) is 5.32 Å². The number of hydrogen-bond acceptors (Lipinski definition) is 3. The third kappa shape index (κ3) is 4.65. The van der Waals surface area contributed by atoms with E-state index in [1.54, 1.807) is 24.3 Å². The van der Waals surface area contributed by atoms with Crippen LogP contribution in [-0.2, 0) is 22.4 Å². The van der Waals surface area contributed by atoms with Crippen LogP contribution in [-0.4, -0.2) is 22.2 Å². The smallest absolute Gasteiger partial charge is 0.307 e. The number of aliphatic carboxylic acids is 2. The summed E-state index contributed by atoms with van der Waals surface area (Å²) in [6.07, 6.45) is 0.00826. The van der Waals surface area contributed by atoms with Crippen molar-refractivity contribution in [3.05, 3.63) is 59.7 Å². The van der Waals surface area contributed by atoms with E-state index in [2.05, 4.69) is 5.32 Å².